The number of rotatable bonds is 1. The monoisotopic (exact) mass is 219 g/mol. The minimum absolute atomic E-state index is 0.247. The van der Waals surface area contributed by atoms with Crippen LogP contribution in [0.5, 0.6) is 0 Å². The molecule has 1 heterocycles. The van der Waals surface area contributed by atoms with Gasteiger partial charge in [0.25, 0.3) is 0 Å². The van der Waals surface area contributed by atoms with Gasteiger partial charge in [0, 0.05) is 5.69 Å². The fraction of sp³-hybridized carbons (Fsp3) is 0.538. The maximum absolute atomic E-state index is 11.8. The predicted octanol–water partition coefficient (Wildman–Crippen LogP) is 2.36. The van der Waals surface area contributed by atoms with Crippen LogP contribution in [0.2, 0.25) is 0 Å². The third-order valence-corrected chi connectivity index (χ3v) is 3.29. The molecule has 0 amide bonds. The van der Waals surface area contributed by atoms with Crippen molar-refractivity contribution in [1.29, 1.82) is 0 Å². The van der Waals surface area contributed by atoms with Crippen molar-refractivity contribution in [3.63, 3.8) is 0 Å². The van der Waals surface area contributed by atoms with E-state index in [0.717, 1.165) is 30.7 Å². The molecule has 1 aliphatic rings. The van der Waals surface area contributed by atoms with Crippen molar-refractivity contribution < 1.29 is 9.53 Å². The van der Waals surface area contributed by atoms with Crippen LogP contribution in [0, 0.1) is 13.8 Å². The molecule has 0 spiro atoms. The molecule has 0 radical (unpaired) electrons. The number of aryl methyl sites for hydroxylation is 2. The lowest BCUT2D eigenvalue weighted by molar-refractivity contribution is 0.0597. The van der Waals surface area contributed by atoms with Crippen molar-refractivity contribution in [2.45, 2.75) is 39.5 Å². The van der Waals surface area contributed by atoms with Crippen LogP contribution >= 0.6 is 0 Å². The number of fused-ring (bicyclic) bond motifs is 1. The average molecular weight is 219 g/mol. The first-order valence-electron chi connectivity index (χ1n) is 5.72. The van der Waals surface area contributed by atoms with Gasteiger partial charge in [-0.25, -0.2) is 4.79 Å². The van der Waals surface area contributed by atoms with Crippen LogP contribution in [0.3, 0.4) is 0 Å². The van der Waals surface area contributed by atoms with E-state index < -0.39 is 0 Å². The number of hydrogen-bond acceptors (Lipinski definition) is 3. The number of esters is 1. The number of pyridine rings is 1. The third kappa shape index (κ3) is 1.70. The first kappa shape index (κ1) is 11.1. The van der Waals surface area contributed by atoms with E-state index in [9.17, 15) is 4.79 Å². The zero-order valence-corrected chi connectivity index (χ0v) is 10.1. The maximum Gasteiger partial charge on any atom is 0.339 e. The van der Waals surface area contributed by atoms with Crippen LogP contribution in [0.25, 0.3) is 0 Å². The Bertz CT molecular complexity index is 438. The minimum Gasteiger partial charge on any atom is -0.465 e. The Morgan fingerprint density at radius 1 is 1.12 bits per heavy atom. The Morgan fingerprint density at radius 2 is 1.75 bits per heavy atom. The molecule has 1 aromatic rings. The van der Waals surface area contributed by atoms with Gasteiger partial charge in [0.1, 0.15) is 0 Å². The molecule has 3 nitrogen and oxygen atoms in total. The second kappa shape index (κ2) is 4.24. The van der Waals surface area contributed by atoms with Gasteiger partial charge in [-0.15, -0.1) is 0 Å². The summed E-state index contributed by atoms with van der Waals surface area (Å²) >= 11 is 0. The number of carbonyl (C=O) groups is 1. The zero-order chi connectivity index (χ0) is 11.7. The molecule has 3 heteroatoms. The number of nitrogens with zero attached hydrogens (tertiary/aromatic N) is 1. The number of hydrogen-bond donors (Lipinski definition) is 0. The van der Waals surface area contributed by atoms with Gasteiger partial charge >= 0.3 is 5.97 Å². The molecule has 0 aromatic carbocycles. The first-order chi connectivity index (χ1) is 7.65. The summed E-state index contributed by atoms with van der Waals surface area (Å²) in [5.74, 6) is -0.247. The van der Waals surface area contributed by atoms with Crippen LogP contribution in [0.15, 0.2) is 0 Å². The highest BCUT2D eigenvalue weighted by molar-refractivity contribution is 5.92. The highest BCUT2D eigenvalue weighted by Gasteiger charge is 2.23. The van der Waals surface area contributed by atoms with E-state index in [-0.39, 0.29) is 5.97 Å². The highest BCUT2D eigenvalue weighted by Crippen LogP contribution is 2.28. The van der Waals surface area contributed by atoms with E-state index in [2.05, 4.69) is 4.98 Å². The Kier molecular flexibility index (Phi) is 2.95. The van der Waals surface area contributed by atoms with E-state index in [1.165, 1.54) is 24.7 Å². The molecule has 0 saturated carbocycles. The average Bonchev–Trinajstić information content (AvgIpc) is 2.28. The molecule has 1 aromatic heterocycles. The lowest BCUT2D eigenvalue weighted by Gasteiger charge is -2.21. The molecule has 0 saturated heterocycles. The van der Waals surface area contributed by atoms with Gasteiger partial charge in [0.15, 0.2) is 0 Å². The summed E-state index contributed by atoms with van der Waals surface area (Å²) in [5.41, 5.74) is 4.99. The first-order valence-corrected chi connectivity index (χ1v) is 5.72. The summed E-state index contributed by atoms with van der Waals surface area (Å²) in [4.78, 5) is 16.2. The van der Waals surface area contributed by atoms with Crippen LogP contribution < -0.4 is 0 Å². The maximum atomic E-state index is 11.8. The van der Waals surface area contributed by atoms with E-state index in [4.69, 9.17) is 4.74 Å². The molecule has 0 N–H and O–H groups in total. The molecule has 16 heavy (non-hydrogen) atoms. The largest absolute Gasteiger partial charge is 0.465 e. The van der Waals surface area contributed by atoms with Gasteiger partial charge in [0.05, 0.1) is 18.4 Å². The summed E-state index contributed by atoms with van der Waals surface area (Å²) in [5, 5.41) is 0. The normalized spacial score (nSPS) is 14.4. The van der Waals surface area contributed by atoms with Gasteiger partial charge in [0.2, 0.25) is 0 Å². The Labute approximate surface area is 95.8 Å². The summed E-state index contributed by atoms with van der Waals surface area (Å²) < 4.78 is 4.84. The topological polar surface area (TPSA) is 39.2 Å². The molecule has 86 valence electrons. The fourth-order valence-electron chi connectivity index (χ4n) is 2.55. The van der Waals surface area contributed by atoms with Crippen molar-refractivity contribution in [1.82, 2.24) is 4.98 Å². The Hall–Kier alpha value is -1.38. The van der Waals surface area contributed by atoms with Crippen LogP contribution in [-0.4, -0.2) is 18.1 Å². The third-order valence-electron chi connectivity index (χ3n) is 3.29. The molecule has 0 bridgehead atoms. The summed E-state index contributed by atoms with van der Waals surface area (Å²) in [7, 11) is 1.43. The highest BCUT2D eigenvalue weighted by atomic mass is 16.5. The van der Waals surface area contributed by atoms with Crippen LogP contribution in [-0.2, 0) is 17.6 Å². The smallest absolute Gasteiger partial charge is 0.339 e. The second-order valence-electron chi connectivity index (χ2n) is 4.31. The van der Waals surface area contributed by atoms with Gasteiger partial charge in [-0.1, -0.05) is 0 Å². The zero-order valence-electron chi connectivity index (χ0n) is 10.1. The van der Waals surface area contributed by atoms with Crippen molar-refractivity contribution in [3.8, 4) is 0 Å². The van der Waals surface area contributed by atoms with Gasteiger partial charge < -0.3 is 4.74 Å². The van der Waals surface area contributed by atoms with Gasteiger partial charge in [-0.2, -0.15) is 0 Å². The molecule has 0 aliphatic heterocycles. The lowest BCUT2D eigenvalue weighted by Crippen LogP contribution is -2.16. The summed E-state index contributed by atoms with van der Waals surface area (Å²) in [6, 6.07) is 0. The fourth-order valence-corrected chi connectivity index (χ4v) is 2.55. The van der Waals surface area contributed by atoms with E-state index in [0.29, 0.717) is 5.56 Å². The van der Waals surface area contributed by atoms with Crippen molar-refractivity contribution in [2.75, 3.05) is 7.11 Å². The van der Waals surface area contributed by atoms with E-state index in [1.807, 2.05) is 13.8 Å². The van der Waals surface area contributed by atoms with Gasteiger partial charge in [-0.3, -0.25) is 4.98 Å². The van der Waals surface area contributed by atoms with Crippen molar-refractivity contribution in [2.24, 2.45) is 0 Å². The lowest BCUT2D eigenvalue weighted by atomic mass is 9.87. The summed E-state index contributed by atoms with van der Waals surface area (Å²) in [6.07, 6.45) is 4.36. The quantitative estimate of drug-likeness (QED) is 0.681. The molecule has 1 aliphatic carbocycles. The van der Waals surface area contributed by atoms with Crippen molar-refractivity contribution in [3.05, 3.63) is 28.1 Å². The van der Waals surface area contributed by atoms with Crippen LogP contribution in [0.4, 0.5) is 0 Å². The summed E-state index contributed by atoms with van der Waals surface area (Å²) in [6.45, 7) is 3.91. The SMILES string of the molecule is COC(=O)c1c(C)nc(C)c2c1CCCC2. The molecule has 2 rings (SSSR count). The van der Waals surface area contributed by atoms with Crippen molar-refractivity contribution >= 4 is 5.97 Å². The minimum atomic E-state index is -0.247. The van der Waals surface area contributed by atoms with Crippen LogP contribution in [0.1, 0.15) is 45.7 Å². The molecular formula is C13H17NO2. The standard InChI is InChI=1S/C13H17NO2/c1-8-10-6-4-5-7-11(10)12(9(2)14-8)13(15)16-3/h4-7H2,1-3H3. The molecule has 0 atom stereocenters. The van der Waals surface area contributed by atoms with Gasteiger partial charge in [-0.05, 0) is 50.7 Å². The number of ether oxygens (including phenoxy) is 1. The van der Waals surface area contributed by atoms with E-state index >= 15 is 0 Å². The second-order valence-corrected chi connectivity index (χ2v) is 4.31. The number of carbonyl (C=O) groups excluding carboxylic acids is 1. The molecule has 0 unspecified atom stereocenters. The Morgan fingerprint density at radius 3 is 2.38 bits per heavy atom. The van der Waals surface area contributed by atoms with E-state index in [1.54, 1.807) is 0 Å². The Balaban J connectivity index is 2.63. The number of methoxy groups -OCH3 is 1. The molecular weight excluding hydrogens is 202 g/mol. The molecule has 0 fully saturated rings. The number of aromatic nitrogens is 1. The predicted molar refractivity (Wildman–Crippen MR) is 61.7 cm³/mol.